The van der Waals surface area contributed by atoms with Crippen molar-refractivity contribution in [3.8, 4) is 27.9 Å². The van der Waals surface area contributed by atoms with Crippen LogP contribution in [0.5, 0.6) is 0 Å². The van der Waals surface area contributed by atoms with Gasteiger partial charge < -0.3 is 4.57 Å². The zero-order valence-corrected chi connectivity index (χ0v) is 23.3. The Balaban J connectivity index is 1.68. The number of aryl methyl sites for hydroxylation is 2. The Morgan fingerprint density at radius 2 is 1.12 bits per heavy atom. The van der Waals surface area contributed by atoms with Gasteiger partial charge in [0.1, 0.15) is 11.6 Å². The van der Waals surface area contributed by atoms with Crippen LogP contribution >= 0.6 is 0 Å². The highest BCUT2D eigenvalue weighted by Crippen LogP contribution is 2.51. The number of aromatic nitrogens is 1. The molecule has 0 saturated carbocycles. The number of rotatable bonds is 4. The summed E-state index contributed by atoms with van der Waals surface area (Å²) < 4.78 is 30.2. The van der Waals surface area contributed by atoms with Crippen molar-refractivity contribution in [2.75, 3.05) is 0 Å². The van der Waals surface area contributed by atoms with Crippen molar-refractivity contribution in [2.24, 2.45) is 0 Å². The topological polar surface area (TPSA) is 4.93 Å². The summed E-state index contributed by atoms with van der Waals surface area (Å²) in [7, 11) is 0. The number of hydrogen-bond acceptors (Lipinski definition) is 0. The first-order valence-electron chi connectivity index (χ1n) is 14.1. The molecule has 0 bridgehead atoms. The van der Waals surface area contributed by atoms with Crippen LogP contribution in [0.4, 0.5) is 8.78 Å². The normalized spacial score (nSPS) is 13.7. The number of hydrogen-bond donors (Lipinski definition) is 0. The molecule has 1 aliphatic heterocycles. The molecule has 198 valence electrons. The van der Waals surface area contributed by atoms with Crippen molar-refractivity contribution in [3.05, 3.63) is 125 Å². The molecule has 1 nitrogen and oxygen atoms in total. The lowest BCUT2D eigenvalue weighted by molar-refractivity contribution is 0.627. The molecular formula is C37H31F2N. The summed E-state index contributed by atoms with van der Waals surface area (Å²) in [6, 6.07) is 29.4. The van der Waals surface area contributed by atoms with E-state index in [4.69, 9.17) is 0 Å². The summed E-state index contributed by atoms with van der Waals surface area (Å²) in [5.41, 5.74) is 12.9. The maximum absolute atomic E-state index is 13.9. The van der Waals surface area contributed by atoms with Gasteiger partial charge in [-0.15, -0.1) is 0 Å². The van der Waals surface area contributed by atoms with Gasteiger partial charge in [-0.25, -0.2) is 8.78 Å². The monoisotopic (exact) mass is 527 g/mol. The first-order valence-corrected chi connectivity index (χ1v) is 14.1. The smallest absolute Gasteiger partial charge is 0.123 e. The molecule has 0 unspecified atom stereocenters. The minimum atomic E-state index is -0.236. The van der Waals surface area contributed by atoms with E-state index in [2.05, 4.69) is 74.7 Å². The number of benzene rings is 5. The Morgan fingerprint density at radius 3 is 1.70 bits per heavy atom. The maximum Gasteiger partial charge on any atom is 0.123 e. The lowest BCUT2D eigenvalue weighted by Gasteiger charge is -2.36. The van der Waals surface area contributed by atoms with Gasteiger partial charge in [0.25, 0.3) is 0 Å². The Labute approximate surface area is 233 Å². The molecule has 0 amide bonds. The van der Waals surface area contributed by atoms with Crippen LogP contribution in [-0.2, 0) is 18.3 Å². The second kappa shape index (κ2) is 8.89. The van der Waals surface area contributed by atoms with Gasteiger partial charge in [0.2, 0.25) is 0 Å². The molecule has 0 atom stereocenters. The molecule has 2 heterocycles. The summed E-state index contributed by atoms with van der Waals surface area (Å²) in [5, 5.41) is 2.38. The van der Waals surface area contributed by atoms with Gasteiger partial charge >= 0.3 is 0 Å². The average Bonchev–Trinajstić information content (AvgIpc) is 3.30. The lowest BCUT2D eigenvalue weighted by Crippen LogP contribution is -2.27. The van der Waals surface area contributed by atoms with E-state index in [-0.39, 0.29) is 17.0 Å². The molecule has 0 aliphatic carbocycles. The molecule has 0 N–H and O–H groups in total. The van der Waals surface area contributed by atoms with Crippen LogP contribution in [0.2, 0.25) is 0 Å². The van der Waals surface area contributed by atoms with Gasteiger partial charge in [-0.3, -0.25) is 0 Å². The van der Waals surface area contributed by atoms with Crippen LogP contribution < -0.4 is 0 Å². The van der Waals surface area contributed by atoms with Gasteiger partial charge in [0.05, 0.1) is 16.7 Å². The molecule has 5 aromatic carbocycles. The zero-order valence-electron chi connectivity index (χ0n) is 23.3. The van der Waals surface area contributed by atoms with Gasteiger partial charge in [0, 0.05) is 16.2 Å². The fourth-order valence-corrected chi connectivity index (χ4v) is 6.73. The number of nitrogens with zero attached hydrogens (tertiary/aromatic N) is 1. The molecule has 0 spiro atoms. The van der Waals surface area contributed by atoms with Crippen LogP contribution in [0.3, 0.4) is 0 Å². The van der Waals surface area contributed by atoms with Crippen LogP contribution in [-0.4, -0.2) is 4.57 Å². The molecule has 1 aliphatic rings. The number of halogens is 2. The van der Waals surface area contributed by atoms with Crippen molar-refractivity contribution in [1.29, 1.82) is 0 Å². The zero-order chi connectivity index (χ0) is 27.8. The van der Waals surface area contributed by atoms with Crippen LogP contribution in [0.15, 0.2) is 91.0 Å². The highest BCUT2D eigenvalue weighted by atomic mass is 19.1. The van der Waals surface area contributed by atoms with E-state index < -0.39 is 0 Å². The van der Waals surface area contributed by atoms with Crippen molar-refractivity contribution in [2.45, 2.75) is 46.0 Å². The fourth-order valence-electron chi connectivity index (χ4n) is 6.73. The van der Waals surface area contributed by atoms with Gasteiger partial charge in [-0.1, -0.05) is 70.2 Å². The fraction of sp³-hybridized carbons (Fsp3) is 0.189. The quantitative estimate of drug-likeness (QED) is 0.215. The van der Waals surface area contributed by atoms with E-state index >= 15 is 0 Å². The Hall–Kier alpha value is -4.24. The van der Waals surface area contributed by atoms with Crippen molar-refractivity contribution >= 4 is 21.8 Å². The van der Waals surface area contributed by atoms with Crippen LogP contribution in [0.1, 0.15) is 49.9 Å². The molecule has 1 aromatic heterocycles. The van der Waals surface area contributed by atoms with Gasteiger partial charge in [-0.2, -0.15) is 0 Å². The molecule has 0 radical (unpaired) electrons. The van der Waals surface area contributed by atoms with E-state index in [1.54, 1.807) is 0 Å². The Morgan fingerprint density at radius 1 is 0.575 bits per heavy atom. The molecule has 0 saturated heterocycles. The summed E-state index contributed by atoms with van der Waals surface area (Å²) in [4.78, 5) is 0. The van der Waals surface area contributed by atoms with Crippen molar-refractivity contribution in [3.63, 3.8) is 0 Å². The van der Waals surface area contributed by atoms with Gasteiger partial charge in [0.15, 0.2) is 0 Å². The molecule has 7 rings (SSSR count). The highest BCUT2D eigenvalue weighted by Gasteiger charge is 2.37. The number of fused-ring (bicyclic) bond motifs is 5. The second-order valence-corrected chi connectivity index (χ2v) is 11.4. The average molecular weight is 528 g/mol. The summed E-state index contributed by atoms with van der Waals surface area (Å²) in [6.45, 7) is 9.07. The minimum absolute atomic E-state index is 0.231. The Bertz CT molecular complexity index is 1940. The third-order valence-electron chi connectivity index (χ3n) is 8.84. The molecule has 0 fully saturated rings. The maximum atomic E-state index is 13.9. The van der Waals surface area contributed by atoms with E-state index in [0.717, 1.165) is 35.1 Å². The third-order valence-corrected chi connectivity index (χ3v) is 8.84. The Kier molecular flexibility index (Phi) is 5.51. The highest BCUT2D eigenvalue weighted by molar-refractivity contribution is 6.15. The minimum Gasteiger partial charge on any atom is -0.308 e. The predicted octanol–water partition coefficient (Wildman–Crippen LogP) is 10.2. The summed E-state index contributed by atoms with van der Waals surface area (Å²) in [5.74, 6) is -0.469. The predicted molar refractivity (Wildman–Crippen MR) is 162 cm³/mol. The van der Waals surface area contributed by atoms with Crippen molar-refractivity contribution in [1.82, 2.24) is 4.57 Å². The van der Waals surface area contributed by atoms with E-state index in [1.165, 1.54) is 74.0 Å². The van der Waals surface area contributed by atoms with Crippen molar-refractivity contribution < 1.29 is 8.78 Å². The lowest BCUT2D eigenvalue weighted by atomic mass is 9.73. The second-order valence-electron chi connectivity index (χ2n) is 11.4. The van der Waals surface area contributed by atoms with E-state index in [0.29, 0.717) is 0 Å². The van der Waals surface area contributed by atoms with Crippen LogP contribution in [0.25, 0.3) is 49.7 Å². The molecule has 3 heteroatoms. The van der Waals surface area contributed by atoms with Crippen LogP contribution in [0, 0.1) is 11.6 Å². The largest absolute Gasteiger partial charge is 0.308 e. The third kappa shape index (κ3) is 3.50. The molecular weight excluding hydrogens is 496 g/mol. The molecule has 6 aromatic rings. The first kappa shape index (κ1) is 24.8. The summed E-state index contributed by atoms with van der Waals surface area (Å²) >= 11 is 0. The number of para-hydroxylation sites is 1. The van der Waals surface area contributed by atoms with E-state index in [9.17, 15) is 8.78 Å². The molecule has 40 heavy (non-hydrogen) atoms. The summed E-state index contributed by atoms with van der Waals surface area (Å²) in [6.07, 6.45) is 1.81. The van der Waals surface area contributed by atoms with E-state index in [1.807, 2.05) is 24.3 Å². The standard InChI is InChI=1S/C37H31F2N/c1-5-22-8-7-9-32-35(22)40-34-23(6-2)18-26(24-10-14-28(38)15-11-24)19-30(34)31-20-27(25-12-16-29(39)17-13-25)21-33(36(31)40)37(32,3)4/h7-21H,5-6H2,1-4H3. The SMILES string of the molecule is CCc1cccc2c1-n1c3c(CC)cc(-c4ccc(F)cc4)cc3c3cc(-c4ccc(F)cc4)cc(c31)C2(C)C. The van der Waals surface area contributed by atoms with Gasteiger partial charge in [-0.05, 0) is 106 Å². The first-order chi connectivity index (χ1) is 19.3.